The molecule has 0 aromatic heterocycles. The molecule has 2 atom stereocenters. The maximum absolute atomic E-state index is 13.2. The first-order valence-electron chi connectivity index (χ1n) is 11.5. The Bertz CT molecular complexity index is 1120. The molecule has 1 aromatic carbocycles. The fraction of sp³-hybridized carbons (Fsp3) is 0.522. The third-order valence-corrected chi connectivity index (χ3v) is 8.73. The van der Waals surface area contributed by atoms with E-state index in [9.17, 15) is 22.8 Å². The van der Waals surface area contributed by atoms with Crippen LogP contribution in [0.5, 0.6) is 11.5 Å². The second-order valence-electron chi connectivity index (χ2n) is 8.86. The van der Waals surface area contributed by atoms with E-state index in [1.54, 1.807) is 6.07 Å². The van der Waals surface area contributed by atoms with Crippen molar-refractivity contribution in [2.75, 3.05) is 45.9 Å². The molecule has 10 nitrogen and oxygen atoms in total. The zero-order valence-corrected chi connectivity index (χ0v) is 19.5. The minimum absolute atomic E-state index is 0.112. The third-order valence-electron chi connectivity index (χ3n) is 6.84. The summed E-state index contributed by atoms with van der Waals surface area (Å²) in [7, 11) is -3.78. The molecule has 0 spiro atoms. The number of imide groups is 1. The van der Waals surface area contributed by atoms with Crippen molar-refractivity contribution in [3.8, 4) is 11.5 Å². The van der Waals surface area contributed by atoms with Gasteiger partial charge in [0.2, 0.25) is 27.7 Å². The molecule has 0 N–H and O–H groups in total. The Kier molecular flexibility index (Phi) is 6.07. The lowest BCUT2D eigenvalue weighted by atomic mass is 9.85. The molecule has 2 fully saturated rings. The Morgan fingerprint density at radius 3 is 2.18 bits per heavy atom. The molecule has 3 aliphatic heterocycles. The minimum atomic E-state index is -3.78. The SMILES string of the molecule is O=C(CN1C(=O)[C@H]2CC=CC[C@@H]2C1=O)N1CCN(S(=O)(=O)c2ccc3c(c2)OCCCO3)CC1. The van der Waals surface area contributed by atoms with Crippen LogP contribution in [0.15, 0.2) is 35.2 Å². The smallest absolute Gasteiger partial charge is 0.243 e. The van der Waals surface area contributed by atoms with Gasteiger partial charge in [0.15, 0.2) is 11.5 Å². The van der Waals surface area contributed by atoms with Gasteiger partial charge < -0.3 is 14.4 Å². The topological polar surface area (TPSA) is 114 Å². The number of ether oxygens (including phenoxy) is 2. The molecule has 0 radical (unpaired) electrons. The van der Waals surface area contributed by atoms with Gasteiger partial charge in [-0.05, 0) is 25.0 Å². The van der Waals surface area contributed by atoms with Gasteiger partial charge >= 0.3 is 0 Å². The average molecular weight is 490 g/mol. The number of allylic oxidation sites excluding steroid dienone is 2. The second-order valence-corrected chi connectivity index (χ2v) is 10.8. The summed E-state index contributed by atoms with van der Waals surface area (Å²) in [5, 5.41) is 0. The van der Waals surface area contributed by atoms with Crippen molar-refractivity contribution >= 4 is 27.7 Å². The fourth-order valence-corrected chi connectivity index (χ4v) is 6.33. The maximum Gasteiger partial charge on any atom is 0.243 e. The van der Waals surface area contributed by atoms with Crippen molar-refractivity contribution in [2.45, 2.75) is 24.2 Å². The van der Waals surface area contributed by atoms with E-state index in [1.165, 1.54) is 21.3 Å². The van der Waals surface area contributed by atoms with E-state index in [4.69, 9.17) is 9.47 Å². The Morgan fingerprint density at radius 2 is 1.53 bits per heavy atom. The van der Waals surface area contributed by atoms with Gasteiger partial charge in [0.05, 0.1) is 29.9 Å². The molecule has 11 heteroatoms. The van der Waals surface area contributed by atoms with Gasteiger partial charge in [-0.25, -0.2) is 8.42 Å². The number of carbonyl (C=O) groups excluding carboxylic acids is 3. The number of amides is 3. The Labute approximate surface area is 198 Å². The van der Waals surface area contributed by atoms with Crippen LogP contribution in [0.25, 0.3) is 0 Å². The molecule has 182 valence electrons. The molecular formula is C23H27N3O7S. The lowest BCUT2D eigenvalue weighted by molar-refractivity contribution is -0.147. The summed E-state index contributed by atoms with van der Waals surface area (Å²) >= 11 is 0. The van der Waals surface area contributed by atoms with Gasteiger partial charge in [-0.3, -0.25) is 19.3 Å². The van der Waals surface area contributed by atoms with E-state index in [0.29, 0.717) is 37.6 Å². The molecule has 3 amide bonds. The lowest BCUT2D eigenvalue weighted by Crippen LogP contribution is -2.53. The number of nitrogens with zero attached hydrogens (tertiary/aromatic N) is 3. The lowest BCUT2D eigenvalue weighted by Gasteiger charge is -2.34. The van der Waals surface area contributed by atoms with Gasteiger partial charge in [-0.15, -0.1) is 0 Å². The summed E-state index contributed by atoms with van der Waals surface area (Å²) in [4.78, 5) is 40.8. The molecule has 2 saturated heterocycles. The molecule has 0 saturated carbocycles. The maximum atomic E-state index is 13.2. The number of benzene rings is 1. The first-order valence-corrected chi connectivity index (χ1v) is 13.0. The predicted molar refractivity (Wildman–Crippen MR) is 119 cm³/mol. The highest BCUT2D eigenvalue weighted by atomic mass is 32.2. The molecule has 0 unspecified atom stereocenters. The summed E-state index contributed by atoms with van der Waals surface area (Å²) in [6, 6.07) is 4.58. The Hall–Kier alpha value is -2.92. The number of hydrogen-bond acceptors (Lipinski definition) is 7. The van der Waals surface area contributed by atoms with E-state index < -0.39 is 10.0 Å². The molecule has 1 aromatic rings. The van der Waals surface area contributed by atoms with Crippen LogP contribution < -0.4 is 9.47 Å². The van der Waals surface area contributed by atoms with Gasteiger partial charge in [0, 0.05) is 38.7 Å². The highest BCUT2D eigenvalue weighted by Gasteiger charge is 2.48. The first-order chi connectivity index (χ1) is 16.4. The van der Waals surface area contributed by atoms with Crippen LogP contribution in [-0.4, -0.2) is 86.2 Å². The van der Waals surface area contributed by atoms with Gasteiger partial charge in [-0.1, -0.05) is 12.2 Å². The zero-order valence-electron chi connectivity index (χ0n) is 18.7. The number of carbonyl (C=O) groups is 3. The van der Waals surface area contributed by atoms with E-state index in [1.807, 2.05) is 12.2 Å². The minimum Gasteiger partial charge on any atom is -0.490 e. The normalized spacial score (nSPS) is 25.3. The summed E-state index contributed by atoms with van der Waals surface area (Å²) in [6.07, 6.45) is 5.58. The molecular weight excluding hydrogens is 462 g/mol. The van der Waals surface area contributed by atoms with Gasteiger partial charge in [0.1, 0.15) is 6.54 Å². The number of fused-ring (bicyclic) bond motifs is 2. The summed E-state index contributed by atoms with van der Waals surface area (Å²) in [6.45, 7) is 1.30. The standard InChI is InChI=1S/C23H27N3O7S/c27-21(15-26-22(28)17-4-1-2-5-18(17)23(26)29)24-8-10-25(11-9-24)34(30,31)16-6-7-19-20(14-16)33-13-3-12-32-19/h1-2,6-7,14,17-18H,3-5,8-13,15H2/t17-,18-/m0/s1. The number of piperazine rings is 1. The fourth-order valence-electron chi connectivity index (χ4n) is 4.89. The molecule has 5 rings (SSSR count). The number of hydrogen-bond donors (Lipinski definition) is 0. The van der Waals surface area contributed by atoms with Gasteiger partial charge in [0.25, 0.3) is 0 Å². The van der Waals surface area contributed by atoms with Crippen LogP contribution in [0.2, 0.25) is 0 Å². The second kappa shape index (κ2) is 9.03. The van der Waals surface area contributed by atoms with Crippen molar-refractivity contribution < 1.29 is 32.3 Å². The number of likely N-dealkylation sites (tertiary alicyclic amines) is 1. The summed E-state index contributed by atoms with van der Waals surface area (Å²) in [5.74, 6) is -0.741. The van der Waals surface area contributed by atoms with Crippen molar-refractivity contribution in [3.63, 3.8) is 0 Å². The van der Waals surface area contributed by atoms with Crippen LogP contribution in [0.4, 0.5) is 0 Å². The van der Waals surface area contributed by atoms with E-state index in [-0.39, 0.29) is 67.2 Å². The number of rotatable bonds is 4. The van der Waals surface area contributed by atoms with Crippen molar-refractivity contribution in [1.82, 2.24) is 14.1 Å². The van der Waals surface area contributed by atoms with Crippen LogP contribution >= 0.6 is 0 Å². The van der Waals surface area contributed by atoms with E-state index in [0.717, 1.165) is 11.3 Å². The summed E-state index contributed by atoms with van der Waals surface area (Å²) in [5.41, 5.74) is 0. The Morgan fingerprint density at radius 1 is 0.912 bits per heavy atom. The van der Waals surface area contributed by atoms with E-state index in [2.05, 4.69) is 0 Å². The zero-order chi connectivity index (χ0) is 23.9. The van der Waals surface area contributed by atoms with E-state index >= 15 is 0 Å². The van der Waals surface area contributed by atoms with Crippen molar-refractivity contribution in [3.05, 3.63) is 30.4 Å². The summed E-state index contributed by atoms with van der Waals surface area (Å²) < 4.78 is 38.9. The average Bonchev–Trinajstić information content (AvgIpc) is 3.01. The highest BCUT2D eigenvalue weighted by molar-refractivity contribution is 7.89. The van der Waals surface area contributed by atoms with Crippen LogP contribution in [0.3, 0.4) is 0 Å². The molecule has 34 heavy (non-hydrogen) atoms. The quantitative estimate of drug-likeness (QED) is 0.450. The van der Waals surface area contributed by atoms with Crippen molar-refractivity contribution in [1.29, 1.82) is 0 Å². The van der Waals surface area contributed by atoms with Crippen LogP contribution in [-0.2, 0) is 24.4 Å². The molecule has 4 aliphatic rings. The largest absolute Gasteiger partial charge is 0.490 e. The predicted octanol–water partition coefficient (Wildman–Crippen LogP) is 0.632. The van der Waals surface area contributed by atoms with Crippen molar-refractivity contribution in [2.24, 2.45) is 11.8 Å². The Balaban J connectivity index is 1.21. The molecule has 1 aliphatic carbocycles. The first kappa shape index (κ1) is 22.9. The molecule has 3 heterocycles. The van der Waals surface area contributed by atoms with Crippen LogP contribution in [0.1, 0.15) is 19.3 Å². The van der Waals surface area contributed by atoms with Gasteiger partial charge in [-0.2, -0.15) is 4.31 Å². The highest BCUT2D eigenvalue weighted by Crippen LogP contribution is 2.35. The third kappa shape index (κ3) is 4.07. The monoisotopic (exact) mass is 489 g/mol. The molecule has 0 bridgehead atoms. The van der Waals surface area contributed by atoms with Crippen LogP contribution in [0, 0.1) is 11.8 Å². The number of sulfonamides is 1.